The maximum absolute atomic E-state index is 13.9. The Balaban J connectivity index is 2.34. The second kappa shape index (κ2) is 7.50. The molecule has 2 heteroatoms. The van der Waals surface area contributed by atoms with Crippen LogP contribution < -0.4 is 0 Å². The molecule has 1 aliphatic carbocycles. The monoisotopic (exact) mass is 404 g/mol. The summed E-state index contributed by atoms with van der Waals surface area (Å²) in [4.78, 5) is 13.9. The maximum atomic E-state index is 13.9. The molecule has 0 fully saturated rings. The van der Waals surface area contributed by atoms with E-state index < -0.39 is 27.8 Å². The molecule has 0 unspecified atom stereocenters. The van der Waals surface area contributed by atoms with Gasteiger partial charge in [0.1, 0.15) is 5.78 Å². The van der Waals surface area contributed by atoms with Crippen molar-refractivity contribution in [1.29, 1.82) is 0 Å². The predicted molar refractivity (Wildman–Crippen MR) is 125 cm³/mol. The normalized spacial score (nSPS) is 27.5. The van der Waals surface area contributed by atoms with Crippen LogP contribution in [0.2, 0.25) is 0 Å². The molecule has 0 saturated heterocycles. The van der Waals surface area contributed by atoms with Crippen LogP contribution in [0.5, 0.6) is 0 Å². The van der Waals surface area contributed by atoms with Crippen LogP contribution in [0.15, 0.2) is 66.7 Å². The van der Waals surface area contributed by atoms with Crippen LogP contribution in [0, 0.1) is 16.7 Å². The van der Waals surface area contributed by atoms with Crippen molar-refractivity contribution in [2.45, 2.75) is 65.9 Å². The van der Waals surface area contributed by atoms with Crippen molar-refractivity contribution in [3.63, 3.8) is 0 Å². The van der Waals surface area contributed by atoms with Gasteiger partial charge in [0.2, 0.25) is 0 Å². The van der Waals surface area contributed by atoms with Crippen LogP contribution >= 0.6 is 0 Å². The number of carbonyl (C=O) groups is 1. The Labute approximate surface area is 182 Å². The summed E-state index contributed by atoms with van der Waals surface area (Å²) in [6, 6.07) is 20.5. The first kappa shape index (κ1) is 22.5. The molecule has 2 aromatic rings. The molecule has 0 amide bonds. The highest BCUT2D eigenvalue weighted by Crippen LogP contribution is 2.56. The number of hydrogen-bond acceptors (Lipinski definition) is 2. The van der Waals surface area contributed by atoms with Crippen LogP contribution in [-0.4, -0.2) is 16.5 Å². The van der Waals surface area contributed by atoms with Crippen molar-refractivity contribution in [1.82, 2.24) is 0 Å². The van der Waals surface area contributed by atoms with Crippen LogP contribution in [0.1, 0.15) is 66.0 Å². The summed E-state index contributed by atoms with van der Waals surface area (Å²) in [6.45, 7) is 14.1. The minimum absolute atomic E-state index is 0.106. The van der Waals surface area contributed by atoms with Crippen molar-refractivity contribution in [2.24, 2.45) is 16.7 Å². The van der Waals surface area contributed by atoms with Gasteiger partial charge >= 0.3 is 0 Å². The van der Waals surface area contributed by atoms with Crippen molar-refractivity contribution >= 4 is 11.4 Å². The Morgan fingerprint density at radius 2 is 1.40 bits per heavy atom. The van der Waals surface area contributed by atoms with Gasteiger partial charge in [-0.15, -0.1) is 0 Å². The molecule has 0 saturated carbocycles. The zero-order valence-electron chi connectivity index (χ0n) is 19.5. The van der Waals surface area contributed by atoms with E-state index in [2.05, 4.69) is 31.2 Å². The molecular weight excluding hydrogens is 368 g/mol. The fourth-order valence-electron chi connectivity index (χ4n) is 4.88. The summed E-state index contributed by atoms with van der Waals surface area (Å²) in [6.07, 6.45) is 2.69. The summed E-state index contributed by atoms with van der Waals surface area (Å²) in [5.74, 6) is -0.450. The second-order valence-electron chi connectivity index (χ2n) is 11.1. The standard InChI is InChI=1S/C28H36O2/c1-25(2,3)24(29)23-27(7,22-16-12-9-13-17-22)18-21(20-14-10-8-11-15-20)19-28(23,30)26(4,5)6/h8-17,19,23,30H,18H2,1-7H3/t23-,27-,28-/m0/s1. The third kappa shape index (κ3) is 3.78. The fourth-order valence-corrected chi connectivity index (χ4v) is 4.88. The molecule has 0 bridgehead atoms. The van der Waals surface area contributed by atoms with Crippen LogP contribution in [0.25, 0.3) is 5.57 Å². The first-order valence-corrected chi connectivity index (χ1v) is 10.9. The first-order chi connectivity index (χ1) is 13.8. The number of ketones is 1. The number of aliphatic hydroxyl groups is 1. The number of carbonyl (C=O) groups excluding carboxylic acids is 1. The van der Waals surface area contributed by atoms with Crippen molar-refractivity contribution in [3.8, 4) is 0 Å². The third-order valence-corrected chi connectivity index (χ3v) is 6.81. The lowest BCUT2D eigenvalue weighted by Gasteiger charge is -2.55. The van der Waals surface area contributed by atoms with E-state index >= 15 is 0 Å². The van der Waals surface area contributed by atoms with E-state index in [1.807, 2.05) is 84.0 Å². The SMILES string of the molecule is CC(C)(C)C(=O)[C@H]1[C@](C)(c2ccccc2)CC(c2ccccc2)=C[C@@]1(O)C(C)(C)C. The van der Waals surface area contributed by atoms with E-state index in [-0.39, 0.29) is 5.78 Å². The number of rotatable bonds is 3. The average Bonchev–Trinajstić information content (AvgIpc) is 2.67. The van der Waals surface area contributed by atoms with Gasteiger partial charge in [0.25, 0.3) is 0 Å². The molecule has 1 aliphatic rings. The van der Waals surface area contributed by atoms with E-state index in [9.17, 15) is 9.90 Å². The summed E-state index contributed by atoms with van der Waals surface area (Å²) in [7, 11) is 0. The van der Waals surface area contributed by atoms with Gasteiger partial charge in [-0.3, -0.25) is 4.79 Å². The zero-order valence-corrected chi connectivity index (χ0v) is 19.5. The Bertz CT molecular complexity index is 928. The van der Waals surface area contributed by atoms with Gasteiger partial charge in [-0.25, -0.2) is 0 Å². The smallest absolute Gasteiger partial charge is 0.145 e. The van der Waals surface area contributed by atoms with Crippen LogP contribution in [0.4, 0.5) is 0 Å². The molecule has 1 N–H and O–H groups in total. The summed E-state index contributed by atoms with van der Waals surface area (Å²) >= 11 is 0. The van der Waals surface area contributed by atoms with Gasteiger partial charge in [0.15, 0.2) is 0 Å². The summed E-state index contributed by atoms with van der Waals surface area (Å²) < 4.78 is 0. The highest BCUT2D eigenvalue weighted by molar-refractivity contribution is 5.91. The van der Waals surface area contributed by atoms with Crippen LogP contribution in [-0.2, 0) is 10.2 Å². The second-order valence-corrected chi connectivity index (χ2v) is 11.1. The quantitative estimate of drug-likeness (QED) is 0.639. The molecular formula is C28H36O2. The van der Waals surface area contributed by atoms with Crippen molar-refractivity contribution in [3.05, 3.63) is 77.9 Å². The highest BCUT2D eigenvalue weighted by Gasteiger charge is 2.60. The van der Waals surface area contributed by atoms with Gasteiger partial charge < -0.3 is 5.11 Å². The molecule has 2 nitrogen and oxygen atoms in total. The zero-order chi connectivity index (χ0) is 22.4. The lowest BCUT2D eigenvalue weighted by molar-refractivity contribution is -0.153. The number of allylic oxidation sites excluding steroid dienone is 1. The number of hydrogen-bond donors (Lipinski definition) is 1. The van der Waals surface area contributed by atoms with E-state index in [0.717, 1.165) is 16.7 Å². The van der Waals surface area contributed by atoms with Crippen molar-refractivity contribution < 1.29 is 9.90 Å². The minimum Gasteiger partial charge on any atom is -0.384 e. The van der Waals surface area contributed by atoms with E-state index in [0.29, 0.717) is 6.42 Å². The van der Waals surface area contributed by atoms with E-state index in [4.69, 9.17) is 0 Å². The van der Waals surface area contributed by atoms with Gasteiger partial charge in [-0.2, -0.15) is 0 Å². The maximum Gasteiger partial charge on any atom is 0.145 e. The molecule has 0 radical (unpaired) electrons. The Hall–Kier alpha value is -2.19. The largest absolute Gasteiger partial charge is 0.384 e. The lowest BCUT2D eigenvalue weighted by Crippen LogP contribution is -2.62. The molecule has 3 atom stereocenters. The van der Waals surface area contributed by atoms with Crippen molar-refractivity contribution in [2.75, 3.05) is 0 Å². The molecule has 3 rings (SSSR count). The van der Waals surface area contributed by atoms with Gasteiger partial charge in [0.05, 0.1) is 11.5 Å². The number of Topliss-reactive ketones (excluding diaryl/α,β-unsaturated/α-hetero) is 1. The first-order valence-electron chi connectivity index (χ1n) is 10.9. The van der Waals surface area contributed by atoms with Gasteiger partial charge in [0, 0.05) is 10.8 Å². The average molecular weight is 405 g/mol. The molecule has 160 valence electrons. The summed E-state index contributed by atoms with van der Waals surface area (Å²) in [5.41, 5.74) is 0.393. The van der Waals surface area contributed by atoms with E-state index in [1.54, 1.807) is 0 Å². The fraction of sp³-hybridized carbons (Fsp3) is 0.464. The topological polar surface area (TPSA) is 37.3 Å². The van der Waals surface area contributed by atoms with Gasteiger partial charge in [-0.1, -0.05) is 109 Å². The Morgan fingerprint density at radius 1 is 0.900 bits per heavy atom. The summed E-state index contributed by atoms with van der Waals surface area (Å²) in [5, 5.41) is 12.3. The molecule has 0 heterocycles. The minimum atomic E-state index is -1.29. The van der Waals surface area contributed by atoms with Gasteiger partial charge in [-0.05, 0) is 34.6 Å². The Morgan fingerprint density at radius 3 is 1.87 bits per heavy atom. The lowest BCUT2D eigenvalue weighted by atomic mass is 9.50. The third-order valence-electron chi connectivity index (χ3n) is 6.81. The molecule has 0 spiro atoms. The molecule has 30 heavy (non-hydrogen) atoms. The van der Waals surface area contributed by atoms with E-state index in [1.165, 1.54) is 0 Å². The highest BCUT2D eigenvalue weighted by atomic mass is 16.3. The van der Waals surface area contributed by atoms with Crippen LogP contribution in [0.3, 0.4) is 0 Å². The molecule has 0 aliphatic heterocycles. The number of benzene rings is 2. The molecule has 0 aromatic heterocycles. The molecule has 2 aromatic carbocycles. The Kier molecular flexibility index (Phi) is 5.62. The predicted octanol–water partition coefficient (Wildman–Crippen LogP) is 6.44.